The number of esters is 2. The number of carbonyl (C=O) groups is 2. The minimum atomic E-state index is -0.394. The Bertz CT molecular complexity index is 544. The molecule has 1 fully saturated rings. The summed E-state index contributed by atoms with van der Waals surface area (Å²) in [7, 11) is 1.31. The molecule has 24 heavy (non-hydrogen) atoms. The molecule has 1 aromatic rings. The number of hydrogen-bond acceptors (Lipinski definition) is 5. The van der Waals surface area contributed by atoms with E-state index < -0.39 is 5.97 Å². The summed E-state index contributed by atoms with van der Waals surface area (Å²) in [5.41, 5.74) is 1.60. The average molecular weight is 332 g/mol. The molecule has 1 aromatic carbocycles. The van der Waals surface area contributed by atoms with E-state index in [4.69, 9.17) is 9.47 Å². The predicted octanol–water partition coefficient (Wildman–Crippen LogP) is 3.18. The summed E-state index contributed by atoms with van der Waals surface area (Å²) < 4.78 is 13.7. The molecule has 5 heteroatoms. The van der Waals surface area contributed by atoms with E-state index in [1.165, 1.54) is 12.7 Å². The van der Waals surface area contributed by atoms with E-state index in [0.717, 1.165) is 6.08 Å². The van der Waals surface area contributed by atoms with Gasteiger partial charge in [0.2, 0.25) is 0 Å². The van der Waals surface area contributed by atoms with Crippen LogP contribution in [0.15, 0.2) is 61.7 Å². The minimum absolute atomic E-state index is 0.142. The molecule has 0 bridgehead atoms. The van der Waals surface area contributed by atoms with Crippen molar-refractivity contribution >= 4 is 18.0 Å². The minimum Gasteiger partial charge on any atom is -0.466 e. The second kappa shape index (κ2) is 12.8. The molecule has 5 nitrogen and oxygen atoms in total. The van der Waals surface area contributed by atoms with Gasteiger partial charge in [-0.3, -0.25) is 0 Å². The third-order valence-electron chi connectivity index (χ3n) is 2.55. The fraction of sp³-hybridized carbons (Fsp3) is 0.263. The van der Waals surface area contributed by atoms with Gasteiger partial charge in [0.25, 0.3) is 0 Å². The summed E-state index contributed by atoms with van der Waals surface area (Å²) in [6.07, 6.45) is 3.09. The fourth-order valence-corrected chi connectivity index (χ4v) is 1.13. The first-order valence-corrected chi connectivity index (χ1v) is 7.26. The van der Waals surface area contributed by atoms with E-state index in [0.29, 0.717) is 18.8 Å². The SMILES string of the molecule is C=C(C)C(=O)OCC1CO1.C=CC(=O)OC.C=Cc1ccccc1. The van der Waals surface area contributed by atoms with Crippen LogP contribution in [-0.2, 0) is 23.8 Å². The molecule has 1 atom stereocenters. The van der Waals surface area contributed by atoms with Crippen molar-refractivity contribution in [3.8, 4) is 0 Å². The first kappa shape index (κ1) is 21.3. The highest BCUT2D eigenvalue weighted by atomic mass is 16.6. The fourth-order valence-electron chi connectivity index (χ4n) is 1.13. The summed E-state index contributed by atoms with van der Waals surface area (Å²) in [5, 5.41) is 0. The maximum Gasteiger partial charge on any atom is 0.333 e. The molecule has 130 valence electrons. The topological polar surface area (TPSA) is 65.1 Å². The highest BCUT2D eigenvalue weighted by Gasteiger charge is 2.24. The number of hydrogen-bond donors (Lipinski definition) is 0. The van der Waals surface area contributed by atoms with Gasteiger partial charge in [0.05, 0.1) is 13.7 Å². The van der Waals surface area contributed by atoms with Crippen molar-refractivity contribution in [2.45, 2.75) is 13.0 Å². The molecule has 0 aromatic heterocycles. The first-order valence-electron chi connectivity index (χ1n) is 7.26. The maximum absolute atomic E-state index is 10.7. The van der Waals surface area contributed by atoms with Crippen molar-refractivity contribution in [1.29, 1.82) is 0 Å². The van der Waals surface area contributed by atoms with Gasteiger partial charge in [0, 0.05) is 11.6 Å². The molecule has 0 spiro atoms. The molecule has 1 aliphatic rings. The van der Waals surface area contributed by atoms with Crippen LogP contribution >= 0.6 is 0 Å². The lowest BCUT2D eigenvalue weighted by Crippen LogP contribution is -2.09. The van der Waals surface area contributed by atoms with E-state index in [1.807, 2.05) is 36.4 Å². The van der Waals surface area contributed by atoms with E-state index in [1.54, 1.807) is 6.92 Å². The molecular formula is C19H24O5. The molecule has 2 rings (SSSR count). The Labute approximate surface area is 143 Å². The predicted molar refractivity (Wildman–Crippen MR) is 94.3 cm³/mol. The van der Waals surface area contributed by atoms with Crippen LogP contribution in [0.25, 0.3) is 6.08 Å². The molecule has 1 heterocycles. The Morgan fingerprint density at radius 3 is 2.17 bits per heavy atom. The van der Waals surface area contributed by atoms with Crippen LogP contribution in [0.2, 0.25) is 0 Å². The van der Waals surface area contributed by atoms with Crippen molar-refractivity contribution in [3.05, 3.63) is 67.3 Å². The lowest BCUT2D eigenvalue weighted by molar-refractivity contribution is -0.139. The van der Waals surface area contributed by atoms with Crippen LogP contribution in [0.3, 0.4) is 0 Å². The lowest BCUT2D eigenvalue weighted by Gasteiger charge is -1.99. The summed E-state index contributed by atoms with van der Waals surface area (Å²) in [4.78, 5) is 20.5. The molecule has 0 radical (unpaired) electrons. The zero-order valence-electron chi connectivity index (χ0n) is 14.2. The largest absolute Gasteiger partial charge is 0.466 e. The number of epoxide rings is 1. The Kier molecular flexibility index (Phi) is 11.4. The summed E-state index contributed by atoms with van der Waals surface area (Å²) in [6, 6.07) is 10.0. The van der Waals surface area contributed by atoms with Crippen LogP contribution in [0, 0.1) is 0 Å². The highest BCUT2D eigenvalue weighted by Crippen LogP contribution is 2.09. The van der Waals surface area contributed by atoms with Gasteiger partial charge in [-0.1, -0.05) is 56.1 Å². The second-order valence-electron chi connectivity index (χ2n) is 4.68. The Morgan fingerprint density at radius 1 is 1.29 bits per heavy atom. The molecule has 0 N–H and O–H groups in total. The number of ether oxygens (including phenoxy) is 3. The molecule has 0 aliphatic carbocycles. The van der Waals surface area contributed by atoms with Gasteiger partial charge >= 0.3 is 11.9 Å². The quantitative estimate of drug-likeness (QED) is 0.471. The summed E-state index contributed by atoms with van der Waals surface area (Å²) >= 11 is 0. The average Bonchev–Trinajstić information content (AvgIpc) is 3.45. The number of rotatable bonds is 5. The van der Waals surface area contributed by atoms with Gasteiger partial charge in [0.1, 0.15) is 12.7 Å². The molecule has 0 saturated carbocycles. The van der Waals surface area contributed by atoms with Crippen LogP contribution in [-0.4, -0.2) is 38.4 Å². The number of methoxy groups -OCH3 is 1. The number of benzene rings is 1. The molecule has 1 unspecified atom stereocenters. The van der Waals surface area contributed by atoms with Crippen LogP contribution in [0.1, 0.15) is 12.5 Å². The van der Waals surface area contributed by atoms with Gasteiger partial charge in [-0.15, -0.1) is 0 Å². The van der Waals surface area contributed by atoms with Crippen LogP contribution < -0.4 is 0 Å². The van der Waals surface area contributed by atoms with Crippen molar-refractivity contribution in [1.82, 2.24) is 0 Å². The normalized spacial score (nSPS) is 13.7. The smallest absolute Gasteiger partial charge is 0.333 e. The Balaban J connectivity index is 0.000000343. The van der Waals surface area contributed by atoms with Crippen molar-refractivity contribution in [2.24, 2.45) is 0 Å². The van der Waals surface area contributed by atoms with Gasteiger partial charge in [0.15, 0.2) is 0 Å². The lowest BCUT2D eigenvalue weighted by atomic mass is 10.2. The van der Waals surface area contributed by atoms with Gasteiger partial charge in [-0.2, -0.15) is 0 Å². The molecular weight excluding hydrogens is 308 g/mol. The third kappa shape index (κ3) is 11.9. The standard InChI is InChI=1S/C8H8.C7H10O3.C4H6O2/c1-2-8-6-4-3-5-7-8;1-5(2)7(8)10-4-6-3-9-6;1-3-4(5)6-2/h2-7H,1H2;6H,1,3-4H2,2H3;3H,1H2,2H3. The van der Waals surface area contributed by atoms with Crippen molar-refractivity contribution in [3.63, 3.8) is 0 Å². The number of carbonyl (C=O) groups excluding carboxylic acids is 2. The summed E-state index contributed by atoms with van der Waals surface area (Å²) in [6.45, 7) is 12.9. The molecule has 1 aliphatic heterocycles. The van der Waals surface area contributed by atoms with Gasteiger partial charge in [-0.05, 0) is 12.5 Å². The molecule has 0 amide bonds. The summed E-state index contributed by atoms with van der Waals surface area (Å²) in [5.74, 6) is -0.731. The van der Waals surface area contributed by atoms with Crippen molar-refractivity contribution in [2.75, 3.05) is 20.3 Å². The van der Waals surface area contributed by atoms with E-state index in [9.17, 15) is 9.59 Å². The maximum atomic E-state index is 10.7. The van der Waals surface area contributed by atoms with Crippen LogP contribution in [0.4, 0.5) is 0 Å². The molecule has 1 saturated heterocycles. The monoisotopic (exact) mass is 332 g/mol. The van der Waals surface area contributed by atoms with E-state index in [-0.39, 0.29) is 12.1 Å². The second-order valence-corrected chi connectivity index (χ2v) is 4.68. The first-order chi connectivity index (χ1) is 11.4. The Hall–Kier alpha value is -2.66. The van der Waals surface area contributed by atoms with Crippen molar-refractivity contribution < 1.29 is 23.8 Å². The van der Waals surface area contributed by atoms with E-state index in [2.05, 4.69) is 24.5 Å². The van der Waals surface area contributed by atoms with Gasteiger partial charge < -0.3 is 14.2 Å². The highest BCUT2D eigenvalue weighted by molar-refractivity contribution is 5.86. The van der Waals surface area contributed by atoms with Crippen LogP contribution in [0.5, 0.6) is 0 Å². The third-order valence-corrected chi connectivity index (χ3v) is 2.55. The van der Waals surface area contributed by atoms with E-state index >= 15 is 0 Å². The zero-order valence-corrected chi connectivity index (χ0v) is 14.2. The zero-order chi connectivity index (χ0) is 18.4. The van der Waals surface area contributed by atoms with Gasteiger partial charge in [-0.25, -0.2) is 9.59 Å². The Morgan fingerprint density at radius 2 is 1.88 bits per heavy atom.